The molecule has 1 aromatic carbocycles. The van der Waals surface area contributed by atoms with Crippen molar-refractivity contribution in [3.05, 3.63) is 72.8 Å². The molecule has 0 bridgehead atoms. The molecule has 0 spiro atoms. The minimum atomic E-state index is -0.00694. The van der Waals surface area contributed by atoms with Crippen LogP contribution < -0.4 is 10.2 Å². The molecule has 0 unspecified atom stereocenters. The number of likely N-dealkylation sites (N-methyl/N-ethyl adjacent to an activating group) is 1. The summed E-state index contributed by atoms with van der Waals surface area (Å²) in [5.41, 5.74) is 2.00. The average molecular weight is 376 g/mol. The van der Waals surface area contributed by atoms with Gasteiger partial charge in [-0.3, -0.25) is 9.78 Å². The lowest BCUT2D eigenvalue weighted by molar-refractivity contribution is -0.128. The predicted molar refractivity (Wildman–Crippen MR) is 111 cm³/mol. The number of carbonyl (C=O) groups is 1. The number of nitrogens with zero attached hydrogens (tertiary/aromatic N) is 5. The molecular weight excluding hydrogens is 352 g/mol. The highest BCUT2D eigenvalue weighted by Gasteiger charge is 2.11. The molecule has 0 saturated carbocycles. The quantitative estimate of drug-likeness (QED) is 0.652. The second-order valence-corrected chi connectivity index (χ2v) is 6.40. The standard InChI is InChI=1S/C21H24N6O/c1-26(13-11-17-8-6-7-12-22-17)21(28)15-23-19-14-20(25-16-24-19)27(2)18-9-4-3-5-10-18/h3-10,12,14,16H,11,13,15H2,1-2H3,(H,23,24,25). The van der Waals surface area contributed by atoms with Crippen molar-refractivity contribution in [2.75, 3.05) is 37.4 Å². The summed E-state index contributed by atoms with van der Waals surface area (Å²) in [4.78, 5) is 28.8. The molecule has 0 fully saturated rings. The third-order valence-electron chi connectivity index (χ3n) is 4.42. The maximum absolute atomic E-state index is 12.4. The molecule has 144 valence electrons. The molecule has 28 heavy (non-hydrogen) atoms. The number of para-hydroxylation sites is 1. The number of amides is 1. The summed E-state index contributed by atoms with van der Waals surface area (Å²) in [7, 11) is 3.74. The summed E-state index contributed by atoms with van der Waals surface area (Å²) in [6.45, 7) is 0.785. The normalized spacial score (nSPS) is 10.4. The lowest BCUT2D eigenvalue weighted by atomic mass is 10.2. The first-order valence-electron chi connectivity index (χ1n) is 9.12. The number of hydrogen-bond acceptors (Lipinski definition) is 6. The number of pyridine rings is 1. The third kappa shape index (κ3) is 5.26. The number of nitrogens with one attached hydrogen (secondary N) is 1. The van der Waals surface area contributed by atoms with Gasteiger partial charge in [0.2, 0.25) is 5.91 Å². The molecular formula is C21H24N6O. The molecule has 2 heterocycles. The van der Waals surface area contributed by atoms with E-state index in [1.807, 2.05) is 66.5 Å². The van der Waals surface area contributed by atoms with E-state index >= 15 is 0 Å². The van der Waals surface area contributed by atoms with Crippen LogP contribution in [-0.4, -0.2) is 52.9 Å². The molecule has 7 heteroatoms. The van der Waals surface area contributed by atoms with E-state index in [2.05, 4.69) is 20.3 Å². The molecule has 0 aliphatic heterocycles. The van der Waals surface area contributed by atoms with Crippen LogP contribution in [0.1, 0.15) is 5.69 Å². The minimum absolute atomic E-state index is 0.00694. The first-order valence-corrected chi connectivity index (χ1v) is 9.12. The Bertz CT molecular complexity index is 888. The van der Waals surface area contributed by atoms with Crippen LogP contribution in [0.25, 0.3) is 0 Å². The van der Waals surface area contributed by atoms with Gasteiger partial charge in [-0.1, -0.05) is 24.3 Å². The zero-order chi connectivity index (χ0) is 19.8. The molecule has 0 radical (unpaired) electrons. The highest BCUT2D eigenvalue weighted by atomic mass is 16.2. The maximum Gasteiger partial charge on any atom is 0.241 e. The van der Waals surface area contributed by atoms with Crippen molar-refractivity contribution in [1.29, 1.82) is 0 Å². The molecule has 0 aliphatic carbocycles. The molecule has 1 amide bonds. The summed E-state index contributed by atoms with van der Waals surface area (Å²) in [5, 5.41) is 3.09. The summed E-state index contributed by atoms with van der Waals surface area (Å²) < 4.78 is 0. The maximum atomic E-state index is 12.4. The van der Waals surface area contributed by atoms with Crippen LogP contribution in [0.4, 0.5) is 17.3 Å². The van der Waals surface area contributed by atoms with Gasteiger partial charge in [0.25, 0.3) is 0 Å². The molecule has 0 aliphatic rings. The van der Waals surface area contributed by atoms with Gasteiger partial charge < -0.3 is 15.1 Å². The SMILES string of the molecule is CN(CCc1ccccn1)C(=O)CNc1cc(N(C)c2ccccc2)ncn1. The molecule has 7 nitrogen and oxygen atoms in total. The highest BCUT2D eigenvalue weighted by molar-refractivity contribution is 5.80. The van der Waals surface area contributed by atoms with E-state index in [1.165, 1.54) is 6.33 Å². The fourth-order valence-electron chi connectivity index (χ4n) is 2.67. The van der Waals surface area contributed by atoms with E-state index in [9.17, 15) is 4.79 Å². The average Bonchev–Trinajstić information content (AvgIpc) is 2.76. The van der Waals surface area contributed by atoms with Crippen LogP contribution in [0.5, 0.6) is 0 Å². The van der Waals surface area contributed by atoms with E-state index in [1.54, 1.807) is 18.1 Å². The van der Waals surface area contributed by atoms with Crippen molar-refractivity contribution in [2.24, 2.45) is 0 Å². The van der Waals surface area contributed by atoms with Crippen LogP contribution in [0.15, 0.2) is 67.1 Å². The molecule has 3 aromatic rings. The van der Waals surface area contributed by atoms with Crippen LogP contribution in [-0.2, 0) is 11.2 Å². The van der Waals surface area contributed by atoms with Crippen molar-refractivity contribution in [1.82, 2.24) is 19.9 Å². The number of hydrogen-bond donors (Lipinski definition) is 1. The van der Waals surface area contributed by atoms with Gasteiger partial charge in [-0.15, -0.1) is 0 Å². The lowest BCUT2D eigenvalue weighted by Gasteiger charge is -2.19. The predicted octanol–water partition coefficient (Wildman–Crippen LogP) is 2.75. The van der Waals surface area contributed by atoms with Crippen LogP contribution in [0.3, 0.4) is 0 Å². The number of carbonyl (C=O) groups excluding carboxylic acids is 1. The number of rotatable bonds is 8. The zero-order valence-electron chi connectivity index (χ0n) is 16.1. The van der Waals surface area contributed by atoms with Crippen LogP contribution >= 0.6 is 0 Å². The van der Waals surface area contributed by atoms with Gasteiger partial charge in [0, 0.05) is 50.7 Å². The monoisotopic (exact) mass is 376 g/mol. The van der Waals surface area contributed by atoms with Gasteiger partial charge in [0.05, 0.1) is 6.54 Å². The smallest absolute Gasteiger partial charge is 0.241 e. The molecule has 2 aromatic heterocycles. The van der Waals surface area contributed by atoms with E-state index in [4.69, 9.17) is 0 Å². The highest BCUT2D eigenvalue weighted by Crippen LogP contribution is 2.22. The summed E-state index contributed by atoms with van der Waals surface area (Å²) in [5.74, 6) is 1.35. The molecule has 3 rings (SSSR count). The van der Waals surface area contributed by atoms with Crippen molar-refractivity contribution in [2.45, 2.75) is 6.42 Å². The number of aromatic nitrogens is 3. The first kappa shape index (κ1) is 19.3. The Morgan fingerprint density at radius 3 is 2.54 bits per heavy atom. The molecule has 1 N–H and O–H groups in total. The third-order valence-corrected chi connectivity index (χ3v) is 4.42. The topological polar surface area (TPSA) is 74.2 Å². The Labute approximate surface area is 165 Å². The second kappa shape index (κ2) is 9.45. The van der Waals surface area contributed by atoms with Crippen molar-refractivity contribution in [3.8, 4) is 0 Å². The summed E-state index contributed by atoms with van der Waals surface area (Å²) >= 11 is 0. The number of benzene rings is 1. The molecule has 0 atom stereocenters. The Balaban J connectivity index is 1.53. The first-order chi connectivity index (χ1) is 13.6. The largest absolute Gasteiger partial charge is 0.361 e. The Morgan fingerprint density at radius 1 is 1.00 bits per heavy atom. The Hall–Kier alpha value is -3.48. The lowest BCUT2D eigenvalue weighted by Crippen LogP contribution is -2.34. The van der Waals surface area contributed by atoms with Crippen LogP contribution in [0.2, 0.25) is 0 Å². The second-order valence-electron chi connectivity index (χ2n) is 6.40. The zero-order valence-corrected chi connectivity index (χ0v) is 16.1. The van der Waals surface area contributed by atoms with Gasteiger partial charge in [-0.2, -0.15) is 0 Å². The van der Waals surface area contributed by atoms with E-state index in [0.717, 1.165) is 23.6 Å². The fourth-order valence-corrected chi connectivity index (χ4v) is 2.67. The van der Waals surface area contributed by atoms with Crippen molar-refractivity contribution in [3.63, 3.8) is 0 Å². The molecule has 0 saturated heterocycles. The van der Waals surface area contributed by atoms with Gasteiger partial charge in [-0.25, -0.2) is 9.97 Å². The Kier molecular flexibility index (Phi) is 6.51. The van der Waals surface area contributed by atoms with Crippen molar-refractivity contribution < 1.29 is 4.79 Å². The number of anilines is 3. The van der Waals surface area contributed by atoms with Crippen LogP contribution in [0, 0.1) is 0 Å². The van der Waals surface area contributed by atoms with Crippen molar-refractivity contribution >= 4 is 23.2 Å². The minimum Gasteiger partial charge on any atom is -0.361 e. The van der Waals surface area contributed by atoms with Gasteiger partial charge in [0.15, 0.2) is 0 Å². The van der Waals surface area contributed by atoms with Gasteiger partial charge in [0.1, 0.15) is 18.0 Å². The van der Waals surface area contributed by atoms with E-state index in [-0.39, 0.29) is 12.5 Å². The van der Waals surface area contributed by atoms with Gasteiger partial charge >= 0.3 is 0 Å². The summed E-state index contributed by atoms with van der Waals surface area (Å²) in [6, 6.07) is 17.6. The summed E-state index contributed by atoms with van der Waals surface area (Å²) in [6.07, 6.45) is 3.98. The van der Waals surface area contributed by atoms with E-state index in [0.29, 0.717) is 12.4 Å². The van der Waals surface area contributed by atoms with Gasteiger partial charge in [-0.05, 0) is 24.3 Å². The van der Waals surface area contributed by atoms with E-state index < -0.39 is 0 Å². The fraction of sp³-hybridized carbons (Fsp3) is 0.238. The Morgan fingerprint density at radius 2 is 1.79 bits per heavy atom.